The van der Waals surface area contributed by atoms with Crippen LogP contribution in [-0.4, -0.2) is 35.0 Å². The molecule has 2 unspecified atom stereocenters. The summed E-state index contributed by atoms with van der Waals surface area (Å²) < 4.78 is 40.1. The van der Waals surface area contributed by atoms with Crippen molar-refractivity contribution in [3.8, 4) is 0 Å². The molecule has 1 saturated heterocycles. The van der Waals surface area contributed by atoms with Gasteiger partial charge < -0.3 is 10.4 Å². The lowest BCUT2D eigenvalue weighted by atomic mass is 9.87. The summed E-state index contributed by atoms with van der Waals surface area (Å²) in [7, 11) is 0. The van der Waals surface area contributed by atoms with E-state index in [1.54, 1.807) is 6.92 Å². The molecule has 4 nitrogen and oxygen atoms in total. The summed E-state index contributed by atoms with van der Waals surface area (Å²) in [5.74, 6) is -4.72. The van der Waals surface area contributed by atoms with Crippen LogP contribution in [0.3, 0.4) is 0 Å². The second kappa shape index (κ2) is 8.75. The number of amides is 1. The lowest BCUT2D eigenvalue weighted by Crippen LogP contribution is -2.46. The maximum Gasteiger partial charge on any atom is 0.241 e. The van der Waals surface area contributed by atoms with Crippen molar-refractivity contribution in [3.63, 3.8) is 0 Å². The van der Waals surface area contributed by atoms with E-state index in [-0.39, 0.29) is 11.6 Å². The molecule has 1 aliphatic rings. The molecule has 2 atom stereocenters. The molecule has 0 spiro atoms. The van der Waals surface area contributed by atoms with Gasteiger partial charge in [-0.2, -0.15) is 0 Å². The third-order valence-electron chi connectivity index (χ3n) is 5.38. The van der Waals surface area contributed by atoms with E-state index < -0.39 is 35.5 Å². The Morgan fingerprint density at radius 1 is 1.07 bits per heavy atom. The van der Waals surface area contributed by atoms with Gasteiger partial charge in [0.2, 0.25) is 5.91 Å². The van der Waals surface area contributed by atoms with E-state index in [4.69, 9.17) is 0 Å². The quantitative estimate of drug-likeness (QED) is 0.760. The third kappa shape index (κ3) is 4.36. The van der Waals surface area contributed by atoms with Gasteiger partial charge in [0.15, 0.2) is 17.5 Å². The van der Waals surface area contributed by atoms with Crippen molar-refractivity contribution in [2.45, 2.75) is 31.9 Å². The highest BCUT2D eigenvalue weighted by molar-refractivity contribution is 5.94. The predicted octanol–water partition coefficient (Wildman–Crippen LogP) is 3.88. The monoisotopic (exact) mass is 392 g/mol. The van der Waals surface area contributed by atoms with E-state index in [0.717, 1.165) is 17.7 Å². The van der Waals surface area contributed by atoms with Crippen LogP contribution in [-0.2, 0) is 4.79 Å². The summed E-state index contributed by atoms with van der Waals surface area (Å²) in [6.07, 6.45) is 0.879. The fourth-order valence-corrected chi connectivity index (χ4v) is 3.57. The van der Waals surface area contributed by atoms with E-state index in [1.165, 1.54) is 0 Å². The molecule has 2 aromatic rings. The zero-order valence-corrected chi connectivity index (χ0v) is 15.5. The zero-order chi connectivity index (χ0) is 20.3. The van der Waals surface area contributed by atoms with Gasteiger partial charge >= 0.3 is 0 Å². The molecule has 28 heavy (non-hydrogen) atoms. The molecule has 3 rings (SSSR count). The molecule has 0 aromatic heterocycles. The second-order valence-corrected chi connectivity index (χ2v) is 7.12. The molecule has 1 fully saturated rings. The number of aliphatic hydroxyl groups is 1. The van der Waals surface area contributed by atoms with E-state index >= 15 is 0 Å². The molecule has 0 aliphatic carbocycles. The first-order valence-corrected chi connectivity index (χ1v) is 9.30. The SMILES string of the molecule is CC(C(=O)Nc1ccc(F)c(F)c1F)N1CCC(C(O)c2ccccc2)CC1. The summed E-state index contributed by atoms with van der Waals surface area (Å²) in [5.41, 5.74) is 0.491. The maximum absolute atomic E-state index is 13.8. The molecule has 0 bridgehead atoms. The van der Waals surface area contributed by atoms with Crippen molar-refractivity contribution in [1.82, 2.24) is 4.90 Å². The summed E-state index contributed by atoms with van der Waals surface area (Å²) in [5, 5.41) is 12.9. The number of carbonyl (C=O) groups excluding carboxylic acids is 1. The summed E-state index contributed by atoms with van der Waals surface area (Å²) >= 11 is 0. The van der Waals surface area contributed by atoms with Crippen molar-refractivity contribution in [3.05, 3.63) is 65.5 Å². The molecule has 0 radical (unpaired) electrons. The highest BCUT2D eigenvalue weighted by atomic mass is 19.2. The Morgan fingerprint density at radius 3 is 2.36 bits per heavy atom. The lowest BCUT2D eigenvalue weighted by Gasteiger charge is -2.37. The standard InChI is InChI=1S/C21H23F3N2O2/c1-13(21(28)25-17-8-7-16(22)18(23)19(17)24)26-11-9-15(10-12-26)20(27)14-5-3-2-4-6-14/h2-8,13,15,20,27H,9-12H2,1H3,(H,25,28). The Hall–Kier alpha value is -2.38. The first kappa shape index (κ1) is 20.4. The van der Waals surface area contributed by atoms with Crippen molar-refractivity contribution in [2.75, 3.05) is 18.4 Å². The van der Waals surface area contributed by atoms with Gasteiger partial charge in [-0.25, -0.2) is 13.2 Å². The van der Waals surface area contributed by atoms with Gasteiger partial charge in [0.25, 0.3) is 0 Å². The average Bonchev–Trinajstić information content (AvgIpc) is 2.73. The summed E-state index contributed by atoms with van der Waals surface area (Å²) in [6, 6.07) is 10.7. The number of halogens is 3. The molecule has 150 valence electrons. The van der Waals surface area contributed by atoms with Crippen LogP contribution in [0.1, 0.15) is 31.4 Å². The maximum atomic E-state index is 13.8. The number of rotatable bonds is 5. The van der Waals surface area contributed by atoms with Crippen LogP contribution in [0, 0.1) is 23.4 Å². The highest BCUT2D eigenvalue weighted by Gasteiger charge is 2.30. The Balaban J connectivity index is 1.57. The summed E-state index contributed by atoms with van der Waals surface area (Å²) in [6.45, 7) is 2.88. The van der Waals surface area contributed by atoms with Crippen LogP contribution in [0.4, 0.5) is 18.9 Å². The predicted molar refractivity (Wildman–Crippen MR) is 100 cm³/mol. The number of piperidine rings is 1. The number of hydrogen-bond acceptors (Lipinski definition) is 3. The minimum absolute atomic E-state index is 0.0950. The van der Waals surface area contributed by atoms with Gasteiger partial charge in [-0.3, -0.25) is 9.69 Å². The molecule has 1 amide bonds. The van der Waals surface area contributed by atoms with E-state index in [1.807, 2.05) is 35.2 Å². The van der Waals surface area contributed by atoms with Crippen LogP contribution in [0.2, 0.25) is 0 Å². The van der Waals surface area contributed by atoms with Crippen molar-refractivity contribution in [2.24, 2.45) is 5.92 Å². The Kier molecular flexibility index (Phi) is 6.36. The smallest absolute Gasteiger partial charge is 0.241 e. The van der Waals surface area contributed by atoms with Crippen LogP contribution in [0.5, 0.6) is 0 Å². The van der Waals surface area contributed by atoms with E-state index in [2.05, 4.69) is 5.32 Å². The average molecular weight is 392 g/mol. The zero-order valence-electron chi connectivity index (χ0n) is 15.5. The lowest BCUT2D eigenvalue weighted by molar-refractivity contribution is -0.121. The van der Waals surface area contributed by atoms with Crippen LogP contribution < -0.4 is 5.32 Å². The fourth-order valence-electron chi connectivity index (χ4n) is 3.57. The molecule has 0 saturated carbocycles. The first-order chi connectivity index (χ1) is 13.4. The van der Waals surface area contributed by atoms with Crippen LogP contribution in [0.15, 0.2) is 42.5 Å². The van der Waals surface area contributed by atoms with E-state index in [9.17, 15) is 23.1 Å². The molecule has 1 aliphatic heterocycles. The molecular weight excluding hydrogens is 369 g/mol. The van der Waals surface area contributed by atoms with Gasteiger partial charge in [0.1, 0.15) is 0 Å². The number of nitrogens with zero attached hydrogens (tertiary/aromatic N) is 1. The van der Waals surface area contributed by atoms with Gasteiger partial charge in [-0.15, -0.1) is 0 Å². The molecular formula is C21H23F3N2O2. The van der Waals surface area contributed by atoms with Crippen molar-refractivity contribution >= 4 is 11.6 Å². The third-order valence-corrected chi connectivity index (χ3v) is 5.38. The topological polar surface area (TPSA) is 52.6 Å². The summed E-state index contributed by atoms with van der Waals surface area (Å²) in [4.78, 5) is 14.3. The number of benzene rings is 2. The van der Waals surface area contributed by atoms with Gasteiger partial charge in [-0.1, -0.05) is 30.3 Å². The minimum atomic E-state index is -1.61. The number of aliphatic hydroxyl groups excluding tert-OH is 1. The number of nitrogens with one attached hydrogen (secondary N) is 1. The first-order valence-electron chi connectivity index (χ1n) is 9.30. The Labute approximate surface area is 162 Å². The van der Waals surface area contributed by atoms with Crippen LogP contribution >= 0.6 is 0 Å². The fraction of sp³-hybridized carbons (Fsp3) is 0.381. The molecule has 1 heterocycles. The number of hydrogen-bond donors (Lipinski definition) is 2. The van der Waals surface area contributed by atoms with E-state index in [0.29, 0.717) is 25.9 Å². The number of likely N-dealkylation sites (tertiary alicyclic amines) is 1. The highest BCUT2D eigenvalue weighted by Crippen LogP contribution is 2.31. The van der Waals surface area contributed by atoms with Gasteiger partial charge in [-0.05, 0) is 56.5 Å². The van der Waals surface area contributed by atoms with Gasteiger partial charge in [0.05, 0.1) is 17.8 Å². The molecule has 7 heteroatoms. The molecule has 2 aromatic carbocycles. The van der Waals surface area contributed by atoms with Crippen LogP contribution in [0.25, 0.3) is 0 Å². The van der Waals surface area contributed by atoms with Gasteiger partial charge in [0, 0.05) is 0 Å². The molecule has 2 N–H and O–H groups in total. The minimum Gasteiger partial charge on any atom is -0.388 e. The Bertz CT molecular complexity index is 824. The number of anilines is 1. The number of carbonyl (C=O) groups is 1. The van der Waals surface area contributed by atoms with Crippen molar-refractivity contribution < 1.29 is 23.1 Å². The Morgan fingerprint density at radius 2 is 1.71 bits per heavy atom. The largest absolute Gasteiger partial charge is 0.388 e. The second-order valence-electron chi connectivity index (χ2n) is 7.12. The normalized spacial score (nSPS) is 17.9. The van der Waals surface area contributed by atoms with Crippen molar-refractivity contribution in [1.29, 1.82) is 0 Å².